The second-order valence-electron chi connectivity index (χ2n) is 7.83. The van der Waals surface area contributed by atoms with Crippen LogP contribution in [0.2, 0.25) is 0 Å². The third-order valence-corrected chi connectivity index (χ3v) is 5.85. The number of amides is 2. The number of rotatable bonds is 3. The average molecular weight is 393 g/mol. The second kappa shape index (κ2) is 7.31. The summed E-state index contributed by atoms with van der Waals surface area (Å²) in [6, 6.07) is 9.45. The van der Waals surface area contributed by atoms with Gasteiger partial charge >= 0.3 is 11.7 Å². The number of imidazole rings is 1. The normalized spacial score (nSPS) is 13.9. The number of anilines is 3. The van der Waals surface area contributed by atoms with Gasteiger partial charge in [0, 0.05) is 32.9 Å². The van der Waals surface area contributed by atoms with Crippen LogP contribution in [-0.4, -0.2) is 28.3 Å². The van der Waals surface area contributed by atoms with E-state index in [1.165, 1.54) is 5.56 Å². The summed E-state index contributed by atoms with van der Waals surface area (Å²) < 4.78 is 3.25. The number of benzene rings is 2. The first-order chi connectivity index (χ1) is 13.8. The molecule has 0 aliphatic carbocycles. The van der Waals surface area contributed by atoms with E-state index in [0.29, 0.717) is 5.69 Å². The molecule has 1 saturated heterocycles. The minimum atomic E-state index is -0.297. The highest BCUT2D eigenvalue weighted by molar-refractivity contribution is 6.04. The maximum absolute atomic E-state index is 12.7. The summed E-state index contributed by atoms with van der Waals surface area (Å²) in [5.74, 6) is 0. The first kappa shape index (κ1) is 19.1. The molecule has 7 heteroatoms. The minimum absolute atomic E-state index is 0.0795. The maximum Gasteiger partial charge on any atom is 0.328 e. The molecule has 1 aliphatic heterocycles. The number of urea groups is 1. The van der Waals surface area contributed by atoms with Crippen LogP contribution in [0.25, 0.3) is 11.0 Å². The van der Waals surface area contributed by atoms with E-state index < -0.39 is 0 Å². The summed E-state index contributed by atoms with van der Waals surface area (Å²) in [6.07, 6.45) is 2.25. The smallest absolute Gasteiger partial charge is 0.328 e. The summed E-state index contributed by atoms with van der Waals surface area (Å²) in [6.45, 7) is 5.95. The third kappa shape index (κ3) is 3.48. The Balaban J connectivity index is 1.69. The predicted octanol–water partition coefficient (Wildman–Crippen LogP) is 3.74. The molecule has 0 saturated carbocycles. The molecule has 29 heavy (non-hydrogen) atoms. The lowest BCUT2D eigenvalue weighted by Gasteiger charge is -2.22. The number of carbonyl (C=O) groups excluding carboxylic acids is 1. The third-order valence-electron chi connectivity index (χ3n) is 5.85. The first-order valence-corrected chi connectivity index (χ1v) is 9.95. The number of fused-ring (bicyclic) bond motifs is 1. The molecule has 0 atom stereocenters. The van der Waals surface area contributed by atoms with Crippen LogP contribution in [0, 0.1) is 13.8 Å². The molecule has 1 aliphatic rings. The summed E-state index contributed by atoms with van der Waals surface area (Å²) in [5, 5.41) is 5.91. The molecule has 1 fully saturated rings. The summed E-state index contributed by atoms with van der Waals surface area (Å²) in [5.41, 5.74) is 6.30. The number of hydrogen-bond acceptors (Lipinski definition) is 3. The Morgan fingerprint density at radius 2 is 1.55 bits per heavy atom. The summed E-state index contributed by atoms with van der Waals surface area (Å²) >= 11 is 0. The van der Waals surface area contributed by atoms with Crippen molar-refractivity contribution in [2.24, 2.45) is 14.1 Å². The largest absolute Gasteiger partial charge is 0.370 e. The van der Waals surface area contributed by atoms with Gasteiger partial charge in [-0.25, -0.2) is 9.59 Å². The Labute approximate surface area is 169 Å². The van der Waals surface area contributed by atoms with Gasteiger partial charge in [-0.1, -0.05) is 6.07 Å². The highest BCUT2D eigenvalue weighted by Crippen LogP contribution is 2.33. The second-order valence-corrected chi connectivity index (χ2v) is 7.83. The molecule has 2 amide bonds. The molecule has 3 aromatic rings. The van der Waals surface area contributed by atoms with E-state index in [0.717, 1.165) is 53.9 Å². The molecule has 2 N–H and O–H groups in total. The standard InChI is InChI=1S/C22H27N5O2/c1-14-7-8-16(11-15(14)2)23-21(28)24-17-12-19-20(26(4)22(29)25(19)3)13-18(17)27-9-5-6-10-27/h7-8,11-13H,5-6,9-10H2,1-4H3,(H2,23,24,28). The first-order valence-electron chi connectivity index (χ1n) is 9.95. The molecular formula is C22H27N5O2. The molecule has 0 unspecified atom stereocenters. The van der Waals surface area contributed by atoms with Gasteiger partial charge < -0.3 is 15.5 Å². The van der Waals surface area contributed by atoms with E-state index in [1.807, 2.05) is 44.2 Å². The van der Waals surface area contributed by atoms with Crippen LogP contribution < -0.4 is 21.2 Å². The predicted molar refractivity (Wildman–Crippen MR) is 118 cm³/mol. The van der Waals surface area contributed by atoms with Gasteiger partial charge in [0.15, 0.2) is 0 Å². The number of carbonyl (C=O) groups is 1. The van der Waals surface area contributed by atoms with Crippen LogP contribution in [0.3, 0.4) is 0 Å². The average Bonchev–Trinajstić information content (AvgIpc) is 3.29. The van der Waals surface area contributed by atoms with Crippen molar-refractivity contribution in [2.45, 2.75) is 26.7 Å². The number of hydrogen-bond donors (Lipinski definition) is 2. The molecule has 0 spiro atoms. The summed E-state index contributed by atoms with van der Waals surface area (Å²) in [4.78, 5) is 27.4. The fourth-order valence-corrected chi connectivity index (χ4v) is 3.96. The zero-order valence-electron chi connectivity index (χ0n) is 17.4. The van der Waals surface area contributed by atoms with Gasteiger partial charge in [0.05, 0.1) is 22.4 Å². The molecule has 0 bridgehead atoms. The maximum atomic E-state index is 12.7. The van der Waals surface area contributed by atoms with Gasteiger partial charge in [-0.15, -0.1) is 0 Å². The van der Waals surface area contributed by atoms with E-state index in [9.17, 15) is 9.59 Å². The molecule has 0 radical (unpaired) electrons. The number of aromatic nitrogens is 2. The van der Waals surface area contributed by atoms with E-state index in [-0.39, 0.29) is 11.7 Å². The number of nitrogens with zero attached hydrogens (tertiary/aromatic N) is 3. The van der Waals surface area contributed by atoms with Gasteiger partial charge in [-0.3, -0.25) is 9.13 Å². The van der Waals surface area contributed by atoms with E-state index >= 15 is 0 Å². The van der Waals surface area contributed by atoms with Crippen LogP contribution in [0.15, 0.2) is 35.1 Å². The Morgan fingerprint density at radius 3 is 2.21 bits per heavy atom. The Kier molecular flexibility index (Phi) is 4.82. The zero-order chi connectivity index (χ0) is 20.7. The van der Waals surface area contributed by atoms with Crippen molar-refractivity contribution in [3.8, 4) is 0 Å². The van der Waals surface area contributed by atoms with Crippen LogP contribution in [0.1, 0.15) is 24.0 Å². The van der Waals surface area contributed by atoms with Crippen LogP contribution in [-0.2, 0) is 14.1 Å². The van der Waals surface area contributed by atoms with Gasteiger partial charge in [0.25, 0.3) is 0 Å². The molecule has 7 nitrogen and oxygen atoms in total. The highest BCUT2D eigenvalue weighted by Gasteiger charge is 2.20. The molecule has 2 heterocycles. The van der Waals surface area contributed by atoms with Gasteiger partial charge in [0.2, 0.25) is 0 Å². The SMILES string of the molecule is Cc1ccc(NC(=O)Nc2cc3c(cc2N2CCCC2)n(C)c(=O)n3C)cc1C. The molecule has 4 rings (SSSR count). The van der Waals surface area contributed by atoms with Gasteiger partial charge in [0.1, 0.15) is 0 Å². The molecule has 152 valence electrons. The Hall–Kier alpha value is -3.22. The minimum Gasteiger partial charge on any atom is -0.370 e. The molecule has 1 aromatic heterocycles. The Morgan fingerprint density at radius 1 is 0.897 bits per heavy atom. The quantitative estimate of drug-likeness (QED) is 0.712. The fourth-order valence-electron chi connectivity index (χ4n) is 3.96. The highest BCUT2D eigenvalue weighted by atomic mass is 16.2. The monoisotopic (exact) mass is 393 g/mol. The number of nitrogens with one attached hydrogen (secondary N) is 2. The van der Waals surface area contributed by atoms with Crippen molar-refractivity contribution < 1.29 is 4.79 Å². The topological polar surface area (TPSA) is 71.3 Å². The van der Waals surface area contributed by atoms with Crippen LogP contribution in [0.4, 0.5) is 21.9 Å². The van der Waals surface area contributed by atoms with Crippen molar-refractivity contribution >= 4 is 34.1 Å². The lowest BCUT2D eigenvalue weighted by molar-refractivity contribution is 0.262. The molecular weight excluding hydrogens is 366 g/mol. The van der Waals surface area contributed by atoms with E-state index in [4.69, 9.17) is 0 Å². The van der Waals surface area contributed by atoms with Crippen LogP contribution >= 0.6 is 0 Å². The lowest BCUT2D eigenvalue weighted by Crippen LogP contribution is -2.24. The van der Waals surface area contributed by atoms with Crippen molar-refractivity contribution in [1.29, 1.82) is 0 Å². The lowest BCUT2D eigenvalue weighted by atomic mass is 10.1. The molecule has 2 aromatic carbocycles. The fraction of sp³-hybridized carbons (Fsp3) is 0.364. The number of aryl methyl sites for hydroxylation is 4. The zero-order valence-corrected chi connectivity index (χ0v) is 17.4. The van der Waals surface area contributed by atoms with Crippen molar-refractivity contribution in [3.63, 3.8) is 0 Å². The van der Waals surface area contributed by atoms with Crippen LogP contribution in [0.5, 0.6) is 0 Å². The van der Waals surface area contributed by atoms with E-state index in [2.05, 4.69) is 15.5 Å². The van der Waals surface area contributed by atoms with Crippen molar-refractivity contribution in [1.82, 2.24) is 9.13 Å². The van der Waals surface area contributed by atoms with E-state index in [1.54, 1.807) is 23.2 Å². The van der Waals surface area contributed by atoms with Gasteiger partial charge in [-0.05, 0) is 62.1 Å². The van der Waals surface area contributed by atoms with Crippen molar-refractivity contribution in [3.05, 3.63) is 51.9 Å². The van der Waals surface area contributed by atoms with Crippen molar-refractivity contribution in [2.75, 3.05) is 28.6 Å². The van der Waals surface area contributed by atoms with Gasteiger partial charge in [-0.2, -0.15) is 0 Å². The summed E-state index contributed by atoms with van der Waals surface area (Å²) in [7, 11) is 3.52. The Bertz CT molecular complexity index is 1150.